The maximum atomic E-state index is 5.26. The quantitative estimate of drug-likeness (QED) is 0.802. The average Bonchev–Trinajstić information content (AvgIpc) is 2.52. The number of methoxy groups -OCH3 is 2. The summed E-state index contributed by atoms with van der Waals surface area (Å²) in [6.07, 6.45) is 2.30. The maximum absolute atomic E-state index is 5.26. The molecule has 0 spiro atoms. The summed E-state index contributed by atoms with van der Waals surface area (Å²) in [6, 6.07) is 13.2. The van der Waals surface area contributed by atoms with Crippen molar-refractivity contribution in [1.29, 1.82) is 0 Å². The monoisotopic (exact) mass is 287 g/mol. The van der Waals surface area contributed by atoms with E-state index in [0.717, 1.165) is 25.3 Å². The Morgan fingerprint density at radius 2 is 1.81 bits per heavy atom. The maximum Gasteiger partial charge on any atom is 0.119 e. The van der Waals surface area contributed by atoms with E-state index in [1.807, 2.05) is 6.07 Å². The largest absolute Gasteiger partial charge is 0.497 e. The highest BCUT2D eigenvalue weighted by molar-refractivity contribution is 5.84. The molecule has 0 fully saturated rings. The molecule has 1 N–H and O–H groups in total. The smallest absolute Gasteiger partial charge is 0.119 e. The van der Waals surface area contributed by atoms with Gasteiger partial charge in [-0.25, -0.2) is 0 Å². The van der Waals surface area contributed by atoms with Crippen LogP contribution in [0.4, 0.5) is 0 Å². The third-order valence-corrected chi connectivity index (χ3v) is 3.71. The molecule has 21 heavy (non-hydrogen) atoms. The molecule has 0 aromatic heterocycles. The molecule has 0 saturated carbocycles. The van der Waals surface area contributed by atoms with Gasteiger partial charge in [0.15, 0.2) is 0 Å². The summed E-state index contributed by atoms with van der Waals surface area (Å²) >= 11 is 0. The van der Waals surface area contributed by atoms with Crippen LogP contribution in [0.15, 0.2) is 36.4 Å². The topological polar surface area (TPSA) is 30.5 Å². The fraction of sp³-hybridized carbons (Fsp3) is 0.444. The zero-order valence-corrected chi connectivity index (χ0v) is 13.2. The van der Waals surface area contributed by atoms with Crippen molar-refractivity contribution in [2.45, 2.75) is 32.4 Å². The Morgan fingerprint density at radius 1 is 1.05 bits per heavy atom. The van der Waals surface area contributed by atoms with E-state index in [4.69, 9.17) is 9.47 Å². The van der Waals surface area contributed by atoms with Gasteiger partial charge in [0, 0.05) is 19.7 Å². The molecule has 0 amide bonds. The lowest BCUT2D eigenvalue weighted by atomic mass is 10.1. The lowest BCUT2D eigenvalue weighted by molar-refractivity contribution is 0.161. The molecule has 0 saturated heterocycles. The lowest BCUT2D eigenvalue weighted by Crippen LogP contribution is -2.32. The van der Waals surface area contributed by atoms with Crippen LogP contribution < -0.4 is 10.1 Å². The average molecular weight is 287 g/mol. The molecular formula is C18H25NO2. The Bertz CT molecular complexity index is 562. The van der Waals surface area contributed by atoms with Crippen LogP contribution in [0.1, 0.15) is 25.3 Å². The van der Waals surface area contributed by atoms with E-state index in [0.29, 0.717) is 6.04 Å². The van der Waals surface area contributed by atoms with E-state index >= 15 is 0 Å². The van der Waals surface area contributed by atoms with Crippen LogP contribution in [0.3, 0.4) is 0 Å². The van der Waals surface area contributed by atoms with Gasteiger partial charge >= 0.3 is 0 Å². The van der Waals surface area contributed by atoms with Gasteiger partial charge in [0.1, 0.15) is 5.75 Å². The molecule has 1 unspecified atom stereocenters. The van der Waals surface area contributed by atoms with Gasteiger partial charge < -0.3 is 14.8 Å². The minimum absolute atomic E-state index is 0.423. The Kier molecular flexibility index (Phi) is 6.03. The Hall–Kier alpha value is -1.58. The minimum atomic E-state index is 0.423. The first-order chi connectivity index (χ1) is 10.3. The first-order valence-corrected chi connectivity index (χ1v) is 7.55. The first kappa shape index (κ1) is 15.8. The van der Waals surface area contributed by atoms with Crippen molar-refractivity contribution >= 4 is 10.8 Å². The van der Waals surface area contributed by atoms with Gasteiger partial charge in [-0.1, -0.05) is 31.5 Å². The SMILES string of the molecule is CCCC(COC)NCc1ccc2cc(OC)ccc2c1. The van der Waals surface area contributed by atoms with Gasteiger partial charge in [-0.15, -0.1) is 0 Å². The molecule has 3 nitrogen and oxygen atoms in total. The van der Waals surface area contributed by atoms with Crippen molar-refractivity contribution in [3.8, 4) is 5.75 Å². The number of hydrogen-bond donors (Lipinski definition) is 1. The predicted molar refractivity (Wildman–Crippen MR) is 87.9 cm³/mol. The number of ether oxygens (including phenoxy) is 2. The van der Waals surface area contributed by atoms with Crippen molar-refractivity contribution in [1.82, 2.24) is 5.32 Å². The second-order valence-corrected chi connectivity index (χ2v) is 5.37. The van der Waals surface area contributed by atoms with Gasteiger partial charge in [0.2, 0.25) is 0 Å². The van der Waals surface area contributed by atoms with Gasteiger partial charge in [-0.2, -0.15) is 0 Å². The third kappa shape index (κ3) is 4.45. The number of hydrogen-bond acceptors (Lipinski definition) is 3. The summed E-state index contributed by atoms with van der Waals surface area (Å²) in [4.78, 5) is 0. The number of nitrogens with one attached hydrogen (secondary N) is 1. The van der Waals surface area contributed by atoms with Crippen molar-refractivity contribution in [3.63, 3.8) is 0 Å². The van der Waals surface area contributed by atoms with E-state index in [9.17, 15) is 0 Å². The zero-order valence-electron chi connectivity index (χ0n) is 13.2. The standard InChI is InChI=1S/C18H25NO2/c1-4-5-17(13-20-2)19-12-14-6-7-16-11-18(21-3)9-8-15(16)10-14/h6-11,17,19H,4-5,12-13H2,1-3H3. The van der Waals surface area contributed by atoms with Crippen LogP contribution in [0.5, 0.6) is 5.75 Å². The molecule has 0 heterocycles. The molecule has 114 valence electrons. The number of benzene rings is 2. The van der Waals surface area contributed by atoms with Gasteiger partial charge in [-0.3, -0.25) is 0 Å². The fourth-order valence-electron chi connectivity index (χ4n) is 2.57. The molecule has 0 bridgehead atoms. The summed E-state index contributed by atoms with van der Waals surface area (Å²) < 4.78 is 10.5. The van der Waals surface area contributed by atoms with Crippen molar-refractivity contribution in [3.05, 3.63) is 42.0 Å². The summed E-state index contributed by atoms with van der Waals surface area (Å²) in [5.74, 6) is 0.900. The van der Waals surface area contributed by atoms with Crippen LogP contribution in [0, 0.1) is 0 Å². The van der Waals surface area contributed by atoms with Gasteiger partial charge in [0.05, 0.1) is 13.7 Å². The summed E-state index contributed by atoms with van der Waals surface area (Å²) in [6.45, 7) is 3.84. The normalized spacial score (nSPS) is 12.5. The second kappa shape index (κ2) is 8.01. The Balaban J connectivity index is 2.05. The molecule has 0 aliphatic carbocycles. The van der Waals surface area contributed by atoms with E-state index in [1.165, 1.54) is 22.8 Å². The Morgan fingerprint density at radius 3 is 2.52 bits per heavy atom. The van der Waals surface area contributed by atoms with Crippen LogP contribution in [-0.4, -0.2) is 26.9 Å². The third-order valence-electron chi connectivity index (χ3n) is 3.71. The van der Waals surface area contributed by atoms with Crippen molar-refractivity contribution in [2.24, 2.45) is 0 Å². The van der Waals surface area contributed by atoms with E-state index in [2.05, 4.69) is 42.6 Å². The highest BCUT2D eigenvalue weighted by Crippen LogP contribution is 2.21. The molecular weight excluding hydrogens is 262 g/mol. The summed E-state index contributed by atoms with van der Waals surface area (Å²) in [5.41, 5.74) is 1.30. The summed E-state index contributed by atoms with van der Waals surface area (Å²) in [5, 5.41) is 6.03. The molecule has 0 aliphatic heterocycles. The number of rotatable bonds is 8. The van der Waals surface area contributed by atoms with Crippen molar-refractivity contribution in [2.75, 3.05) is 20.8 Å². The van der Waals surface area contributed by atoms with Crippen LogP contribution >= 0.6 is 0 Å². The molecule has 3 heteroatoms. The van der Waals surface area contributed by atoms with Gasteiger partial charge in [0.25, 0.3) is 0 Å². The van der Waals surface area contributed by atoms with Gasteiger partial charge in [-0.05, 0) is 41.0 Å². The highest BCUT2D eigenvalue weighted by atomic mass is 16.5. The molecule has 0 radical (unpaired) electrons. The van der Waals surface area contributed by atoms with E-state index < -0.39 is 0 Å². The van der Waals surface area contributed by atoms with Crippen LogP contribution in [-0.2, 0) is 11.3 Å². The summed E-state index contributed by atoms with van der Waals surface area (Å²) in [7, 11) is 3.46. The van der Waals surface area contributed by atoms with Crippen LogP contribution in [0.2, 0.25) is 0 Å². The zero-order chi connectivity index (χ0) is 15.1. The Labute approximate surface area is 127 Å². The second-order valence-electron chi connectivity index (χ2n) is 5.37. The molecule has 1 atom stereocenters. The van der Waals surface area contributed by atoms with E-state index in [-0.39, 0.29) is 0 Å². The predicted octanol–water partition coefficient (Wildman–Crippen LogP) is 3.75. The molecule has 2 aromatic carbocycles. The lowest BCUT2D eigenvalue weighted by Gasteiger charge is -2.17. The van der Waals surface area contributed by atoms with Crippen LogP contribution in [0.25, 0.3) is 10.8 Å². The fourth-order valence-corrected chi connectivity index (χ4v) is 2.57. The minimum Gasteiger partial charge on any atom is -0.497 e. The molecule has 0 aliphatic rings. The van der Waals surface area contributed by atoms with E-state index in [1.54, 1.807) is 14.2 Å². The first-order valence-electron chi connectivity index (χ1n) is 7.55. The van der Waals surface area contributed by atoms with Crippen molar-refractivity contribution < 1.29 is 9.47 Å². The number of fused-ring (bicyclic) bond motifs is 1. The molecule has 2 rings (SSSR count). The highest BCUT2D eigenvalue weighted by Gasteiger charge is 2.07. The molecule has 2 aromatic rings.